The largest absolute Gasteiger partial charge is 0.497 e. The first-order valence-electron chi connectivity index (χ1n) is 9.91. The van der Waals surface area contributed by atoms with Crippen LogP contribution in [0.1, 0.15) is 6.92 Å². The van der Waals surface area contributed by atoms with Gasteiger partial charge in [0.05, 0.1) is 19.7 Å². The van der Waals surface area contributed by atoms with Gasteiger partial charge in [-0.05, 0) is 43.3 Å². The van der Waals surface area contributed by atoms with Crippen molar-refractivity contribution in [2.24, 2.45) is 0 Å². The molecule has 1 fully saturated rings. The minimum Gasteiger partial charge on any atom is -0.497 e. The predicted molar refractivity (Wildman–Crippen MR) is 114 cm³/mol. The summed E-state index contributed by atoms with van der Waals surface area (Å²) in [5.41, 5.74) is 1.27. The van der Waals surface area contributed by atoms with E-state index in [0.29, 0.717) is 43.3 Å². The van der Waals surface area contributed by atoms with Crippen LogP contribution in [0.15, 0.2) is 48.5 Å². The summed E-state index contributed by atoms with van der Waals surface area (Å²) < 4.78 is 18.1. The van der Waals surface area contributed by atoms with Crippen molar-refractivity contribution in [3.05, 3.63) is 54.3 Å². The van der Waals surface area contributed by atoms with Gasteiger partial charge < -0.3 is 15.4 Å². The maximum atomic E-state index is 13.0. The monoisotopic (exact) mass is 414 g/mol. The van der Waals surface area contributed by atoms with Crippen molar-refractivity contribution in [1.29, 1.82) is 0 Å². The number of halogens is 1. The topological polar surface area (TPSA) is 73.9 Å². The molecule has 1 saturated heterocycles. The number of carbonyl (C=O) groups excluding carboxylic acids is 2. The molecule has 0 aromatic heterocycles. The van der Waals surface area contributed by atoms with Gasteiger partial charge in [0, 0.05) is 43.6 Å². The quantitative estimate of drug-likeness (QED) is 0.728. The molecule has 2 aromatic carbocycles. The summed E-state index contributed by atoms with van der Waals surface area (Å²) in [7, 11) is 1.59. The Morgan fingerprint density at radius 1 is 1.03 bits per heavy atom. The number of benzene rings is 2. The number of amides is 2. The second kappa shape index (κ2) is 10.2. The molecule has 0 radical (unpaired) electrons. The van der Waals surface area contributed by atoms with Crippen LogP contribution < -0.4 is 15.4 Å². The molecule has 1 heterocycles. The maximum absolute atomic E-state index is 13.0. The van der Waals surface area contributed by atoms with E-state index < -0.39 is 0 Å². The minimum atomic E-state index is -0.339. The molecule has 1 atom stereocenters. The van der Waals surface area contributed by atoms with Crippen LogP contribution in [0.25, 0.3) is 0 Å². The molecule has 30 heavy (non-hydrogen) atoms. The minimum absolute atomic E-state index is 0.0780. The molecule has 160 valence electrons. The molecular weight excluding hydrogens is 387 g/mol. The Labute approximate surface area is 175 Å². The SMILES string of the molecule is COc1cccc(NC(=O)[C@@H](C)N2CCN(CC(=O)Nc3ccc(F)cc3)CC2)c1. The number of piperazine rings is 1. The van der Waals surface area contributed by atoms with E-state index >= 15 is 0 Å². The molecular formula is C22H27FN4O3. The van der Waals surface area contributed by atoms with Crippen LogP contribution in [0.4, 0.5) is 15.8 Å². The molecule has 2 amide bonds. The first-order chi connectivity index (χ1) is 14.4. The summed E-state index contributed by atoms with van der Waals surface area (Å²) in [6.45, 7) is 4.90. The average Bonchev–Trinajstić information content (AvgIpc) is 2.75. The maximum Gasteiger partial charge on any atom is 0.241 e. The van der Waals surface area contributed by atoms with E-state index in [1.807, 2.05) is 30.0 Å². The summed E-state index contributed by atoms with van der Waals surface area (Å²) in [6, 6.07) is 12.7. The second-order valence-electron chi connectivity index (χ2n) is 7.26. The van der Waals surface area contributed by atoms with Gasteiger partial charge in [0.15, 0.2) is 0 Å². The van der Waals surface area contributed by atoms with E-state index in [2.05, 4.69) is 15.5 Å². The molecule has 0 bridgehead atoms. The Bertz CT molecular complexity index is 867. The molecule has 2 aromatic rings. The standard InChI is InChI=1S/C22H27FN4O3/c1-16(22(29)25-19-4-3-5-20(14-19)30-2)27-12-10-26(11-13-27)15-21(28)24-18-8-6-17(23)7-9-18/h3-9,14,16H,10-13,15H2,1-2H3,(H,24,28)(H,25,29)/t16-/m1/s1. The average molecular weight is 414 g/mol. The van der Waals surface area contributed by atoms with Gasteiger partial charge in [-0.1, -0.05) is 6.07 Å². The van der Waals surface area contributed by atoms with Crippen molar-refractivity contribution >= 4 is 23.2 Å². The van der Waals surface area contributed by atoms with Crippen LogP contribution in [0, 0.1) is 5.82 Å². The second-order valence-corrected chi connectivity index (χ2v) is 7.26. The van der Waals surface area contributed by atoms with E-state index in [9.17, 15) is 14.0 Å². The number of carbonyl (C=O) groups is 2. The van der Waals surface area contributed by atoms with Crippen molar-refractivity contribution in [2.75, 3.05) is 50.5 Å². The van der Waals surface area contributed by atoms with Gasteiger partial charge in [0.25, 0.3) is 0 Å². The van der Waals surface area contributed by atoms with E-state index in [0.717, 1.165) is 0 Å². The van der Waals surface area contributed by atoms with Crippen molar-refractivity contribution in [3.8, 4) is 5.75 Å². The molecule has 2 N–H and O–H groups in total. The zero-order valence-electron chi connectivity index (χ0n) is 17.2. The smallest absolute Gasteiger partial charge is 0.241 e. The number of hydrogen-bond acceptors (Lipinski definition) is 5. The fraction of sp³-hybridized carbons (Fsp3) is 0.364. The first kappa shape index (κ1) is 21.7. The van der Waals surface area contributed by atoms with Crippen LogP contribution in [-0.2, 0) is 9.59 Å². The summed E-state index contributed by atoms with van der Waals surface area (Å²) >= 11 is 0. The molecule has 7 nitrogen and oxygen atoms in total. The van der Waals surface area contributed by atoms with Gasteiger partial charge in [-0.3, -0.25) is 19.4 Å². The Hall–Kier alpha value is -2.97. The van der Waals surface area contributed by atoms with Crippen LogP contribution in [0.3, 0.4) is 0 Å². The summed E-state index contributed by atoms with van der Waals surface area (Å²) in [6.07, 6.45) is 0. The molecule has 1 aliphatic rings. The summed E-state index contributed by atoms with van der Waals surface area (Å²) in [5, 5.41) is 5.69. The molecule has 8 heteroatoms. The first-order valence-corrected chi connectivity index (χ1v) is 9.91. The van der Waals surface area contributed by atoms with Gasteiger partial charge in [-0.2, -0.15) is 0 Å². The van der Waals surface area contributed by atoms with Gasteiger partial charge in [-0.25, -0.2) is 4.39 Å². The van der Waals surface area contributed by atoms with Crippen molar-refractivity contribution < 1.29 is 18.7 Å². The zero-order chi connectivity index (χ0) is 21.5. The van der Waals surface area contributed by atoms with Crippen LogP contribution in [0.5, 0.6) is 5.75 Å². The van der Waals surface area contributed by atoms with Gasteiger partial charge in [0.1, 0.15) is 11.6 Å². The number of rotatable bonds is 7. The number of anilines is 2. The Morgan fingerprint density at radius 3 is 2.40 bits per heavy atom. The Morgan fingerprint density at radius 2 is 1.73 bits per heavy atom. The number of nitrogens with one attached hydrogen (secondary N) is 2. The van der Waals surface area contributed by atoms with Crippen molar-refractivity contribution in [3.63, 3.8) is 0 Å². The predicted octanol–water partition coefficient (Wildman–Crippen LogP) is 2.42. The zero-order valence-corrected chi connectivity index (χ0v) is 17.2. The van der Waals surface area contributed by atoms with E-state index in [4.69, 9.17) is 4.74 Å². The summed E-state index contributed by atoms with van der Waals surface area (Å²) in [5.74, 6) is 0.131. The Balaban J connectivity index is 1.44. The van der Waals surface area contributed by atoms with Gasteiger partial charge >= 0.3 is 0 Å². The van der Waals surface area contributed by atoms with Gasteiger partial charge in [-0.15, -0.1) is 0 Å². The molecule has 3 rings (SSSR count). The highest BCUT2D eigenvalue weighted by Gasteiger charge is 2.26. The Kier molecular flexibility index (Phi) is 7.37. The lowest BCUT2D eigenvalue weighted by Crippen LogP contribution is -2.53. The highest BCUT2D eigenvalue weighted by Crippen LogP contribution is 2.18. The van der Waals surface area contributed by atoms with E-state index in [-0.39, 0.29) is 30.2 Å². The van der Waals surface area contributed by atoms with E-state index in [1.54, 1.807) is 13.2 Å². The molecule has 0 unspecified atom stereocenters. The molecule has 0 aliphatic carbocycles. The molecule has 0 spiro atoms. The fourth-order valence-electron chi connectivity index (χ4n) is 3.36. The van der Waals surface area contributed by atoms with Crippen LogP contribution >= 0.6 is 0 Å². The molecule has 0 saturated carbocycles. The number of ether oxygens (including phenoxy) is 1. The fourth-order valence-corrected chi connectivity index (χ4v) is 3.36. The lowest BCUT2D eigenvalue weighted by molar-refractivity contribution is -0.122. The molecule has 1 aliphatic heterocycles. The number of methoxy groups -OCH3 is 1. The van der Waals surface area contributed by atoms with Crippen LogP contribution in [0.2, 0.25) is 0 Å². The third-order valence-corrected chi connectivity index (χ3v) is 5.17. The third kappa shape index (κ3) is 6.01. The van der Waals surface area contributed by atoms with Crippen molar-refractivity contribution in [2.45, 2.75) is 13.0 Å². The summed E-state index contributed by atoms with van der Waals surface area (Å²) in [4.78, 5) is 29.0. The highest BCUT2D eigenvalue weighted by atomic mass is 19.1. The third-order valence-electron chi connectivity index (χ3n) is 5.17. The lowest BCUT2D eigenvalue weighted by atomic mass is 10.2. The number of hydrogen-bond donors (Lipinski definition) is 2. The van der Waals surface area contributed by atoms with E-state index in [1.165, 1.54) is 24.3 Å². The van der Waals surface area contributed by atoms with Crippen molar-refractivity contribution in [1.82, 2.24) is 9.80 Å². The normalized spacial score (nSPS) is 16.0. The van der Waals surface area contributed by atoms with Gasteiger partial charge in [0.2, 0.25) is 11.8 Å². The van der Waals surface area contributed by atoms with Crippen LogP contribution in [-0.4, -0.2) is 67.5 Å². The lowest BCUT2D eigenvalue weighted by Gasteiger charge is -2.37. The highest BCUT2D eigenvalue weighted by molar-refractivity contribution is 5.94. The number of nitrogens with zero attached hydrogens (tertiary/aromatic N) is 2.